The number of amides is 1. The van der Waals surface area contributed by atoms with E-state index in [-0.39, 0.29) is 5.91 Å². The summed E-state index contributed by atoms with van der Waals surface area (Å²) in [4.78, 5) is 12.0. The number of anilines is 1. The van der Waals surface area contributed by atoms with Crippen LogP contribution in [0, 0.1) is 5.92 Å². The number of carbonyl (C=O) groups is 1. The molecule has 142 valence electrons. The Labute approximate surface area is 152 Å². The molecular weight excluding hydrogens is 316 g/mol. The van der Waals surface area contributed by atoms with Crippen molar-refractivity contribution in [3.05, 3.63) is 29.8 Å². The number of carbonyl (C=O) groups excluding carboxylic acids is 1. The summed E-state index contributed by atoms with van der Waals surface area (Å²) in [5.41, 5.74) is 1.71. The van der Waals surface area contributed by atoms with Gasteiger partial charge in [-0.05, 0) is 43.0 Å². The average Bonchev–Trinajstić information content (AvgIpc) is 2.64. The Hall–Kier alpha value is -1.59. The van der Waals surface area contributed by atoms with Crippen LogP contribution >= 0.6 is 0 Å². The van der Waals surface area contributed by atoms with Crippen LogP contribution in [0.15, 0.2) is 24.3 Å². The third-order valence-corrected chi connectivity index (χ3v) is 3.93. The van der Waals surface area contributed by atoms with Gasteiger partial charge in [0, 0.05) is 44.2 Å². The van der Waals surface area contributed by atoms with Crippen molar-refractivity contribution in [2.24, 2.45) is 5.92 Å². The van der Waals surface area contributed by atoms with Gasteiger partial charge < -0.3 is 20.1 Å². The number of hydrogen-bond donors (Lipinski definition) is 2. The first-order chi connectivity index (χ1) is 12.2. The van der Waals surface area contributed by atoms with Crippen LogP contribution < -0.4 is 10.6 Å². The molecule has 1 atom stereocenters. The zero-order chi connectivity index (χ0) is 18.3. The van der Waals surface area contributed by atoms with E-state index in [0.717, 1.165) is 44.7 Å². The summed E-state index contributed by atoms with van der Waals surface area (Å²) in [7, 11) is 0. The van der Waals surface area contributed by atoms with E-state index in [9.17, 15) is 4.79 Å². The summed E-state index contributed by atoms with van der Waals surface area (Å²) in [6, 6.07) is 7.53. The molecule has 0 aliphatic carbocycles. The minimum atomic E-state index is -0.0671. The number of nitrogens with one attached hydrogen (secondary N) is 2. The molecule has 0 bridgehead atoms. The molecule has 2 N–H and O–H groups in total. The highest BCUT2D eigenvalue weighted by molar-refractivity contribution is 5.94. The predicted octanol–water partition coefficient (Wildman–Crippen LogP) is 3.71. The van der Waals surface area contributed by atoms with Gasteiger partial charge in [0.1, 0.15) is 0 Å². The molecule has 1 rings (SSSR count). The van der Waals surface area contributed by atoms with Gasteiger partial charge in [-0.25, -0.2) is 0 Å². The first-order valence-corrected chi connectivity index (χ1v) is 9.45. The van der Waals surface area contributed by atoms with Gasteiger partial charge in [0.2, 0.25) is 0 Å². The monoisotopic (exact) mass is 350 g/mol. The maximum atomic E-state index is 12.0. The second-order valence-electron chi connectivity index (χ2n) is 6.31. The Morgan fingerprint density at radius 1 is 1.04 bits per heavy atom. The molecule has 5 nitrogen and oxygen atoms in total. The number of benzene rings is 1. The Morgan fingerprint density at radius 3 is 2.44 bits per heavy atom. The minimum absolute atomic E-state index is 0.0671. The van der Waals surface area contributed by atoms with E-state index in [4.69, 9.17) is 9.47 Å². The van der Waals surface area contributed by atoms with Crippen LogP contribution in [0.3, 0.4) is 0 Å². The second kappa shape index (κ2) is 13.7. The van der Waals surface area contributed by atoms with Gasteiger partial charge in [-0.1, -0.05) is 27.2 Å². The van der Waals surface area contributed by atoms with Crippen LogP contribution in [0.25, 0.3) is 0 Å². The molecule has 0 saturated heterocycles. The van der Waals surface area contributed by atoms with E-state index < -0.39 is 0 Å². The fraction of sp³-hybridized carbons (Fsp3) is 0.650. The van der Waals surface area contributed by atoms with E-state index in [2.05, 4.69) is 31.4 Å². The van der Waals surface area contributed by atoms with Crippen LogP contribution in [0.2, 0.25) is 0 Å². The Kier molecular flexibility index (Phi) is 11.7. The molecule has 1 aromatic rings. The van der Waals surface area contributed by atoms with Crippen molar-refractivity contribution < 1.29 is 14.3 Å². The Balaban J connectivity index is 2.05. The van der Waals surface area contributed by atoms with Crippen molar-refractivity contribution in [1.29, 1.82) is 0 Å². The van der Waals surface area contributed by atoms with Gasteiger partial charge in [-0.3, -0.25) is 4.79 Å². The highest BCUT2D eigenvalue weighted by Crippen LogP contribution is 2.09. The molecule has 0 radical (unpaired) electrons. The van der Waals surface area contributed by atoms with Gasteiger partial charge in [0.05, 0.1) is 6.61 Å². The maximum absolute atomic E-state index is 12.0. The third-order valence-electron chi connectivity index (χ3n) is 3.93. The average molecular weight is 351 g/mol. The van der Waals surface area contributed by atoms with Crippen LogP contribution in [0.1, 0.15) is 50.4 Å². The van der Waals surface area contributed by atoms with Crippen molar-refractivity contribution in [1.82, 2.24) is 5.32 Å². The Bertz CT molecular complexity index is 463. The molecule has 0 fully saturated rings. The third kappa shape index (κ3) is 10.1. The van der Waals surface area contributed by atoms with Crippen molar-refractivity contribution in [3.8, 4) is 0 Å². The van der Waals surface area contributed by atoms with Crippen molar-refractivity contribution in [2.45, 2.75) is 40.0 Å². The topological polar surface area (TPSA) is 59.6 Å². The van der Waals surface area contributed by atoms with Gasteiger partial charge in [0.15, 0.2) is 0 Å². The molecule has 1 aromatic carbocycles. The van der Waals surface area contributed by atoms with E-state index in [1.54, 1.807) is 0 Å². The SMILES string of the molecule is CCCNc1ccc(C(=O)NCCOCCCOCC(C)CC)cc1. The molecular formula is C20H34N2O3. The highest BCUT2D eigenvalue weighted by atomic mass is 16.5. The van der Waals surface area contributed by atoms with E-state index in [1.165, 1.54) is 0 Å². The zero-order valence-electron chi connectivity index (χ0n) is 16.0. The van der Waals surface area contributed by atoms with Crippen molar-refractivity contribution >= 4 is 11.6 Å². The molecule has 0 spiro atoms. The number of hydrogen-bond acceptors (Lipinski definition) is 4. The molecule has 0 heterocycles. The minimum Gasteiger partial charge on any atom is -0.385 e. The molecule has 25 heavy (non-hydrogen) atoms. The normalized spacial score (nSPS) is 12.0. The Morgan fingerprint density at radius 2 is 1.76 bits per heavy atom. The summed E-state index contributed by atoms with van der Waals surface area (Å²) in [5.74, 6) is 0.551. The lowest BCUT2D eigenvalue weighted by molar-refractivity contribution is 0.0675. The van der Waals surface area contributed by atoms with Crippen molar-refractivity contribution in [3.63, 3.8) is 0 Å². The summed E-state index contributed by atoms with van der Waals surface area (Å²) < 4.78 is 11.1. The molecule has 1 amide bonds. The standard InChI is InChI=1S/C20H34N2O3/c1-4-11-21-19-9-7-18(8-10-19)20(23)22-12-15-24-13-6-14-25-16-17(3)5-2/h7-10,17,21H,4-6,11-16H2,1-3H3,(H,22,23). The molecule has 0 saturated carbocycles. The van der Waals surface area contributed by atoms with Crippen LogP contribution in [-0.2, 0) is 9.47 Å². The first kappa shape index (κ1) is 21.5. The molecule has 1 unspecified atom stereocenters. The molecule has 5 heteroatoms. The largest absolute Gasteiger partial charge is 0.385 e. The van der Waals surface area contributed by atoms with Crippen molar-refractivity contribution in [2.75, 3.05) is 44.8 Å². The zero-order valence-corrected chi connectivity index (χ0v) is 16.0. The lowest BCUT2D eigenvalue weighted by atomic mass is 10.1. The summed E-state index contributed by atoms with van der Waals surface area (Å²) in [5, 5.41) is 6.16. The van der Waals surface area contributed by atoms with Gasteiger partial charge in [0.25, 0.3) is 5.91 Å². The van der Waals surface area contributed by atoms with E-state index in [0.29, 0.717) is 31.2 Å². The van der Waals surface area contributed by atoms with Crippen LogP contribution in [-0.4, -0.2) is 45.4 Å². The van der Waals surface area contributed by atoms with Crippen LogP contribution in [0.4, 0.5) is 5.69 Å². The maximum Gasteiger partial charge on any atom is 0.251 e. The lowest BCUT2D eigenvalue weighted by Gasteiger charge is -2.10. The number of rotatable bonds is 14. The molecule has 0 aliphatic heterocycles. The molecule has 0 aromatic heterocycles. The fourth-order valence-electron chi connectivity index (χ4n) is 2.12. The lowest BCUT2D eigenvalue weighted by Crippen LogP contribution is -2.27. The highest BCUT2D eigenvalue weighted by Gasteiger charge is 2.04. The van der Waals surface area contributed by atoms with Gasteiger partial charge in [-0.2, -0.15) is 0 Å². The summed E-state index contributed by atoms with van der Waals surface area (Å²) >= 11 is 0. The molecule has 0 aliphatic rings. The predicted molar refractivity (Wildman–Crippen MR) is 103 cm³/mol. The number of ether oxygens (including phenoxy) is 2. The van der Waals surface area contributed by atoms with E-state index >= 15 is 0 Å². The van der Waals surface area contributed by atoms with E-state index in [1.807, 2.05) is 24.3 Å². The van der Waals surface area contributed by atoms with Gasteiger partial charge >= 0.3 is 0 Å². The fourth-order valence-corrected chi connectivity index (χ4v) is 2.12. The summed E-state index contributed by atoms with van der Waals surface area (Å²) in [6.45, 7) is 10.7. The smallest absolute Gasteiger partial charge is 0.251 e. The second-order valence-corrected chi connectivity index (χ2v) is 6.31. The summed E-state index contributed by atoms with van der Waals surface area (Å²) in [6.07, 6.45) is 3.11. The first-order valence-electron chi connectivity index (χ1n) is 9.45. The van der Waals surface area contributed by atoms with Gasteiger partial charge in [-0.15, -0.1) is 0 Å². The van der Waals surface area contributed by atoms with Crippen LogP contribution in [0.5, 0.6) is 0 Å². The quantitative estimate of drug-likeness (QED) is 0.502.